The molecule has 0 saturated carbocycles. The van der Waals surface area contributed by atoms with E-state index in [1.54, 1.807) is 29.1 Å². The van der Waals surface area contributed by atoms with Gasteiger partial charge in [-0.25, -0.2) is 9.48 Å². The van der Waals surface area contributed by atoms with Crippen LogP contribution in [0.5, 0.6) is 0 Å². The van der Waals surface area contributed by atoms with E-state index in [4.69, 9.17) is 4.74 Å². The first kappa shape index (κ1) is 17.8. The van der Waals surface area contributed by atoms with Gasteiger partial charge >= 0.3 is 6.09 Å². The maximum absolute atomic E-state index is 12.6. The summed E-state index contributed by atoms with van der Waals surface area (Å²) < 4.78 is 6.72. The minimum atomic E-state index is -0.477. The number of aromatic nitrogens is 2. The first-order chi connectivity index (χ1) is 13.0. The molecule has 1 aromatic rings. The van der Waals surface area contributed by atoms with Gasteiger partial charge < -0.3 is 19.4 Å². The van der Waals surface area contributed by atoms with Crippen molar-refractivity contribution in [3.05, 3.63) is 22.6 Å². The fraction of sp³-hybridized carbons (Fsp3) is 0.667. The average molecular weight is 375 g/mol. The number of ether oxygens (including phenoxy) is 1. The van der Waals surface area contributed by atoms with Gasteiger partial charge in [-0.15, -0.1) is 0 Å². The van der Waals surface area contributed by atoms with E-state index in [1.807, 2.05) is 0 Å². The molecule has 3 fully saturated rings. The quantitative estimate of drug-likeness (QED) is 0.754. The van der Waals surface area contributed by atoms with Crippen LogP contribution in [-0.4, -0.2) is 77.0 Å². The highest BCUT2D eigenvalue weighted by Gasteiger charge is 2.46. The molecule has 3 aliphatic rings. The molecule has 2 amide bonds. The highest BCUT2D eigenvalue weighted by Crippen LogP contribution is 2.32. The van der Waals surface area contributed by atoms with Gasteiger partial charge in [0.2, 0.25) is 5.91 Å². The normalized spacial score (nSPS) is 21.8. The summed E-state index contributed by atoms with van der Waals surface area (Å²) in [5.41, 5.74) is 0.0931. The Labute approximate surface area is 157 Å². The molecule has 3 aliphatic heterocycles. The van der Waals surface area contributed by atoms with Crippen LogP contribution in [0.2, 0.25) is 0 Å². The molecule has 1 spiro atoms. The van der Waals surface area contributed by atoms with Crippen LogP contribution in [-0.2, 0) is 16.1 Å². The molecule has 27 heavy (non-hydrogen) atoms. The van der Waals surface area contributed by atoms with Crippen LogP contribution in [0.4, 0.5) is 10.5 Å². The van der Waals surface area contributed by atoms with Crippen molar-refractivity contribution in [3.63, 3.8) is 0 Å². The van der Waals surface area contributed by atoms with Crippen molar-refractivity contribution < 1.29 is 14.3 Å². The van der Waals surface area contributed by atoms with Gasteiger partial charge in [0.15, 0.2) is 0 Å². The van der Waals surface area contributed by atoms with Crippen LogP contribution in [0.3, 0.4) is 0 Å². The van der Waals surface area contributed by atoms with E-state index < -0.39 is 5.60 Å². The number of amides is 2. The number of carbonyl (C=O) groups excluding carboxylic acids is 2. The topological polar surface area (TPSA) is 88.0 Å². The minimum absolute atomic E-state index is 0.0637. The number of likely N-dealkylation sites (tertiary alicyclic amines) is 1. The molecule has 0 aliphatic carbocycles. The predicted molar refractivity (Wildman–Crippen MR) is 97.6 cm³/mol. The Hall–Kier alpha value is -2.58. The minimum Gasteiger partial charge on any atom is -0.441 e. The van der Waals surface area contributed by atoms with Crippen molar-refractivity contribution in [2.75, 3.05) is 44.7 Å². The average Bonchev–Trinajstić information content (AvgIpc) is 3.26. The number of likely N-dealkylation sites (N-methyl/N-ethyl adjacent to an activating group) is 1. The standard InChI is InChI=1S/C18H25N5O4/c1-20-13-18(27-17(20)26)4-8-22(9-5-18)16(25)12-23-15(24)10-14(11-19-23)21-6-2-3-7-21/h10-11H,2-9,12-13H2,1H3. The molecule has 3 saturated heterocycles. The molecule has 146 valence electrons. The zero-order valence-electron chi connectivity index (χ0n) is 15.6. The van der Waals surface area contributed by atoms with Crippen molar-refractivity contribution >= 4 is 17.7 Å². The van der Waals surface area contributed by atoms with E-state index in [9.17, 15) is 14.4 Å². The highest BCUT2D eigenvalue weighted by molar-refractivity contribution is 5.76. The summed E-state index contributed by atoms with van der Waals surface area (Å²) in [4.78, 5) is 42.0. The van der Waals surface area contributed by atoms with E-state index in [1.165, 1.54) is 4.68 Å². The lowest BCUT2D eigenvalue weighted by atomic mass is 9.91. The van der Waals surface area contributed by atoms with Gasteiger partial charge in [-0.05, 0) is 12.8 Å². The second kappa shape index (κ2) is 6.86. The van der Waals surface area contributed by atoms with Crippen LogP contribution < -0.4 is 10.5 Å². The number of carbonyl (C=O) groups is 2. The maximum Gasteiger partial charge on any atom is 0.410 e. The van der Waals surface area contributed by atoms with Crippen LogP contribution >= 0.6 is 0 Å². The van der Waals surface area contributed by atoms with E-state index in [0.29, 0.717) is 32.5 Å². The third kappa shape index (κ3) is 3.50. The van der Waals surface area contributed by atoms with E-state index in [-0.39, 0.29) is 24.1 Å². The Morgan fingerprint density at radius 2 is 1.89 bits per heavy atom. The van der Waals surface area contributed by atoms with Gasteiger partial charge in [0, 0.05) is 52.1 Å². The van der Waals surface area contributed by atoms with E-state index >= 15 is 0 Å². The molecule has 9 heteroatoms. The summed E-state index contributed by atoms with van der Waals surface area (Å²) in [7, 11) is 1.72. The summed E-state index contributed by atoms with van der Waals surface area (Å²) in [5, 5.41) is 4.19. The van der Waals surface area contributed by atoms with Crippen molar-refractivity contribution in [1.29, 1.82) is 0 Å². The molecule has 0 aromatic carbocycles. The Morgan fingerprint density at radius 3 is 2.48 bits per heavy atom. The summed E-state index contributed by atoms with van der Waals surface area (Å²) in [6.45, 7) is 3.42. The number of hydrogen-bond donors (Lipinski definition) is 0. The van der Waals surface area contributed by atoms with Gasteiger partial charge in [0.1, 0.15) is 12.1 Å². The summed E-state index contributed by atoms with van der Waals surface area (Å²) >= 11 is 0. The first-order valence-corrected chi connectivity index (χ1v) is 9.50. The Morgan fingerprint density at radius 1 is 1.19 bits per heavy atom. The fourth-order valence-corrected chi connectivity index (χ4v) is 4.14. The lowest BCUT2D eigenvalue weighted by Gasteiger charge is -2.37. The van der Waals surface area contributed by atoms with Gasteiger partial charge in [-0.1, -0.05) is 0 Å². The predicted octanol–water partition coefficient (Wildman–Crippen LogP) is 0.287. The molecule has 9 nitrogen and oxygen atoms in total. The van der Waals surface area contributed by atoms with Crippen LogP contribution in [0, 0.1) is 0 Å². The van der Waals surface area contributed by atoms with Crippen LogP contribution in [0.1, 0.15) is 25.7 Å². The number of piperidine rings is 1. The Bertz CT molecular complexity index is 793. The maximum atomic E-state index is 12.6. The molecule has 4 rings (SSSR count). The molecule has 0 atom stereocenters. The van der Waals surface area contributed by atoms with Gasteiger partial charge in [-0.3, -0.25) is 9.59 Å². The second-order valence-electron chi connectivity index (χ2n) is 7.69. The van der Waals surface area contributed by atoms with E-state index in [2.05, 4.69) is 10.00 Å². The number of hydrogen-bond acceptors (Lipinski definition) is 6. The number of anilines is 1. The smallest absolute Gasteiger partial charge is 0.410 e. The van der Waals surface area contributed by atoms with E-state index in [0.717, 1.165) is 31.6 Å². The lowest BCUT2D eigenvalue weighted by Crippen LogP contribution is -2.49. The largest absolute Gasteiger partial charge is 0.441 e. The van der Waals surface area contributed by atoms with Crippen molar-refractivity contribution in [2.45, 2.75) is 37.8 Å². The molecule has 0 unspecified atom stereocenters. The molecule has 0 N–H and O–H groups in total. The zero-order chi connectivity index (χ0) is 19.0. The summed E-state index contributed by atoms with van der Waals surface area (Å²) in [6.07, 6.45) is 4.85. The SMILES string of the molecule is CN1CC2(CCN(C(=O)Cn3ncc(N4CCCC4)cc3=O)CC2)OC1=O. The molecular formula is C18H25N5O4. The molecule has 0 bridgehead atoms. The van der Waals surface area contributed by atoms with Crippen molar-refractivity contribution in [2.24, 2.45) is 0 Å². The number of rotatable bonds is 3. The van der Waals surface area contributed by atoms with Gasteiger partial charge in [0.25, 0.3) is 5.56 Å². The Balaban J connectivity index is 1.36. The molecule has 4 heterocycles. The van der Waals surface area contributed by atoms with Crippen molar-refractivity contribution in [1.82, 2.24) is 19.6 Å². The lowest BCUT2D eigenvalue weighted by molar-refractivity contribution is -0.135. The van der Waals surface area contributed by atoms with Crippen LogP contribution in [0.25, 0.3) is 0 Å². The van der Waals surface area contributed by atoms with Gasteiger partial charge in [-0.2, -0.15) is 5.10 Å². The summed E-state index contributed by atoms with van der Waals surface area (Å²) in [6, 6.07) is 1.56. The third-order valence-corrected chi connectivity index (χ3v) is 5.78. The Kier molecular flexibility index (Phi) is 4.53. The van der Waals surface area contributed by atoms with Crippen molar-refractivity contribution in [3.8, 4) is 0 Å². The molecule has 0 radical (unpaired) electrons. The monoisotopic (exact) mass is 375 g/mol. The molecular weight excluding hydrogens is 350 g/mol. The highest BCUT2D eigenvalue weighted by atomic mass is 16.6. The first-order valence-electron chi connectivity index (χ1n) is 9.50. The summed E-state index contributed by atoms with van der Waals surface area (Å²) in [5.74, 6) is -0.133. The zero-order valence-corrected chi connectivity index (χ0v) is 15.6. The second-order valence-corrected chi connectivity index (χ2v) is 7.69. The van der Waals surface area contributed by atoms with Crippen LogP contribution in [0.15, 0.2) is 17.1 Å². The fourth-order valence-electron chi connectivity index (χ4n) is 4.14. The van der Waals surface area contributed by atoms with Gasteiger partial charge in [0.05, 0.1) is 18.4 Å². The number of nitrogens with zero attached hydrogens (tertiary/aromatic N) is 5. The molecule has 1 aromatic heterocycles. The third-order valence-electron chi connectivity index (χ3n) is 5.78.